The van der Waals surface area contributed by atoms with Crippen LogP contribution in [0.3, 0.4) is 0 Å². The number of fused-ring (bicyclic) bond motifs is 1. The van der Waals surface area contributed by atoms with Gasteiger partial charge in [-0.2, -0.15) is 0 Å². The van der Waals surface area contributed by atoms with Gasteiger partial charge >= 0.3 is 0 Å². The Morgan fingerprint density at radius 2 is 2.05 bits per heavy atom. The van der Waals surface area contributed by atoms with Gasteiger partial charge in [0.05, 0.1) is 12.1 Å². The summed E-state index contributed by atoms with van der Waals surface area (Å²) in [6.07, 6.45) is 5.45. The first-order valence-electron chi connectivity index (χ1n) is 7.98. The summed E-state index contributed by atoms with van der Waals surface area (Å²) in [5.41, 5.74) is 2.14. The number of nitrogens with zero attached hydrogens (tertiary/aromatic N) is 2. The lowest BCUT2D eigenvalue weighted by Gasteiger charge is -2.08. The number of ether oxygens (including phenoxy) is 1. The van der Waals surface area contributed by atoms with Crippen LogP contribution in [0, 0.1) is 0 Å². The number of alkyl halides is 1. The number of aromatic nitrogens is 2. The quantitative estimate of drug-likeness (QED) is 0.491. The highest BCUT2D eigenvalue weighted by molar-refractivity contribution is 6.17. The van der Waals surface area contributed by atoms with Crippen molar-refractivity contribution in [2.75, 3.05) is 12.5 Å². The average Bonchev–Trinajstić information content (AvgIpc) is 2.84. The van der Waals surface area contributed by atoms with E-state index in [-0.39, 0.29) is 0 Å². The van der Waals surface area contributed by atoms with Crippen molar-refractivity contribution in [3.8, 4) is 5.75 Å². The number of unbranched alkanes of at least 4 members (excludes halogenated alkanes) is 2. The Morgan fingerprint density at radius 1 is 1.19 bits per heavy atom. The summed E-state index contributed by atoms with van der Waals surface area (Å²) in [4.78, 5) is 4.79. The van der Waals surface area contributed by atoms with Crippen molar-refractivity contribution in [1.82, 2.24) is 9.55 Å². The zero-order chi connectivity index (χ0) is 15.1. The zero-order valence-electron chi connectivity index (χ0n) is 13.1. The lowest BCUT2D eigenvalue weighted by Crippen LogP contribution is -2.04. The summed E-state index contributed by atoms with van der Waals surface area (Å²) in [5.74, 6) is 2.56. The Labute approximate surface area is 132 Å². The van der Waals surface area contributed by atoms with Crippen LogP contribution in [0.1, 0.15) is 45.4 Å². The molecule has 0 saturated carbocycles. The van der Waals surface area contributed by atoms with Crippen LogP contribution in [-0.2, 0) is 13.0 Å². The molecule has 1 heterocycles. The molecule has 116 valence electrons. The first-order valence-corrected chi connectivity index (χ1v) is 8.52. The summed E-state index contributed by atoms with van der Waals surface area (Å²) in [6.45, 7) is 6.07. The van der Waals surface area contributed by atoms with Gasteiger partial charge in [-0.05, 0) is 25.0 Å². The predicted molar refractivity (Wildman–Crippen MR) is 89.5 cm³/mol. The minimum atomic E-state index is 0.599. The van der Waals surface area contributed by atoms with Gasteiger partial charge in [-0.15, -0.1) is 11.6 Å². The monoisotopic (exact) mass is 308 g/mol. The third-order valence-electron chi connectivity index (χ3n) is 3.59. The van der Waals surface area contributed by atoms with Gasteiger partial charge in [-0.1, -0.05) is 32.8 Å². The van der Waals surface area contributed by atoms with Gasteiger partial charge in [0.25, 0.3) is 0 Å². The van der Waals surface area contributed by atoms with E-state index in [2.05, 4.69) is 30.5 Å². The van der Waals surface area contributed by atoms with Crippen LogP contribution in [0.2, 0.25) is 0 Å². The van der Waals surface area contributed by atoms with E-state index in [1.54, 1.807) is 0 Å². The Hall–Kier alpha value is -1.22. The first-order chi connectivity index (χ1) is 10.3. The van der Waals surface area contributed by atoms with Crippen LogP contribution in [0.25, 0.3) is 11.0 Å². The molecule has 0 N–H and O–H groups in total. The lowest BCUT2D eigenvalue weighted by atomic mass is 10.2. The summed E-state index contributed by atoms with van der Waals surface area (Å²) in [7, 11) is 0. The number of halogens is 1. The van der Waals surface area contributed by atoms with Crippen LogP contribution in [0.5, 0.6) is 5.75 Å². The van der Waals surface area contributed by atoms with Gasteiger partial charge in [0, 0.05) is 18.8 Å². The van der Waals surface area contributed by atoms with E-state index < -0.39 is 0 Å². The van der Waals surface area contributed by atoms with Crippen LogP contribution in [-0.4, -0.2) is 22.0 Å². The molecule has 0 amide bonds. The molecule has 2 rings (SSSR count). The highest BCUT2D eigenvalue weighted by Gasteiger charge is 2.13. The van der Waals surface area contributed by atoms with Crippen LogP contribution >= 0.6 is 11.6 Å². The van der Waals surface area contributed by atoms with Gasteiger partial charge in [0.15, 0.2) is 0 Å². The van der Waals surface area contributed by atoms with E-state index in [1.165, 1.54) is 24.8 Å². The summed E-state index contributed by atoms with van der Waals surface area (Å²) >= 11 is 5.94. The van der Waals surface area contributed by atoms with Gasteiger partial charge in [-0.25, -0.2) is 4.98 Å². The molecule has 0 aliphatic rings. The molecule has 0 aliphatic heterocycles. The van der Waals surface area contributed by atoms with Gasteiger partial charge in [0.2, 0.25) is 0 Å². The predicted octanol–water partition coefficient (Wildman–Crippen LogP) is 4.80. The van der Waals surface area contributed by atoms with E-state index in [9.17, 15) is 0 Å². The molecule has 0 aliphatic carbocycles. The molecule has 21 heavy (non-hydrogen) atoms. The Morgan fingerprint density at radius 3 is 2.76 bits per heavy atom. The van der Waals surface area contributed by atoms with Crippen molar-refractivity contribution in [2.45, 2.75) is 52.5 Å². The third kappa shape index (κ3) is 3.91. The standard InChI is InChI=1S/C17H25ClN2O/c1-3-5-6-12-20-14-8-7-9-15(21-13-4-2)17(14)19-16(20)10-11-18/h7-9H,3-6,10-13H2,1-2H3. The Kier molecular flexibility index (Phi) is 6.37. The molecule has 0 saturated heterocycles. The smallest absolute Gasteiger partial charge is 0.147 e. The maximum Gasteiger partial charge on any atom is 0.147 e. The normalized spacial score (nSPS) is 11.2. The van der Waals surface area contributed by atoms with E-state index in [1.807, 2.05) is 6.07 Å². The highest BCUT2D eigenvalue weighted by atomic mass is 35.5. The van der Waals surface area contributed by atoms with Crippen LogP contribution < -0.4 is 4.74 Å². The van der Waals surface area contributed by atoms with Crippen molar-refractivity contribution in [2.24, 2.45) is 0 Å². The fourth-order valence-electron chi connectivity index (χ4n) is 2.54. The second-order valence-electron chi connectivity index (χ2n) is 5.30. The number of aryl methyl sites for hydroxylation is 2. The molecule has 1 aromatic carbocycles. The van der Waals surface area contributed by atoms with E-state index >= 15 is 0 Å². The average molecular weight is 309 g/mol. The number of imidazole rings is 1. The molecule has 0 radical (unpaired) electrons. The van der Waals surface area contributed by atoms with E-state index in [0.717, 1.165) is 43.1 Å². The summed E-state index contributed by atoms with van der Waals surface area (Å²) in [5, 5.41) is 0. The number of rotatable bonds is 9. The minimum absolute atomic E-state index is 0.599. The molecule has 0 atom stereocenters. The molecule has 0 unspecified atom stereocenters. The zero-order valence-corrected chi connectivity index (χ0v) is 13.8. The maximum atomic E-state index is 5.94. The Bertz CT molecular complexity index is 565. The van der Waals surface area contributed by atoms with Gasteiger partial charge in [-0.3, -0.25) is 0 Å². The topological polar surface area (TPSA) is 27.1 Å². The van der Waals surface area contributed by atoms with Crippen molar-refractivity contribution in [3.05, 3.63) is 24.0 Å². The fourth-order valence-corrected chi connectivity index (χ4v) is 2.71. The third-order valence-corrected chi connectivity index (χ3v) is 3.77. The van der Waals surface area contributed by atoms with Gasteiger partial charge < -0.3 is 9.30 Å². The van der Waals surface area contributed by atoms with E-state index in [0.29, 0.717) is 5.88 Å². The summed E-state index contributed by atoms with van der Waals surface area (Å²) in [6, 6.07) is 6.19. The SMILES string of the molecule is CCCCCn1c(CCCl)nc2c(OCCC)cccc21. The number of hydrogen-bond donors (Lipinski definition) is 0. The second kappa shape index (κ2) is 8.28. The van der Waals surface area contributed by atoms with Crippen molar-refractivity contribution in [3.63, 3.8) is 0 Å². The largest absolute Gasteiger partial charge is 0.491 e. The number of hydrogen-bond acceptors (Lipinski definition) is 2. The summed E-state index contributed by atoms with van der Waals surface area (Å²) < 4.78 is 8.14. The molecule has 3 nitrogen and oxygen atoms in total. The molecule has 2 aromatic rings. The molecular weight excluding hydrogens is 284 g/mol. The van der Waals surface area contributed by atoms with Crippen molar-refractivity contribution < 1.29 is 4.74 Å². The second-order valence-corrected chi connectivity index (χ2v) is 5.68. The lowest BCUT2D eigenvalue weighted by molar-refractivity contribution is 0.320. The van der Waals surface area contributed by atoms with Crippen molar-refractivity contribution >= 4 is 22.6 Å². The maximum absolute atomic E-state index is 5.94. The van der Waals surface area contributed by atoms with Gasteiger partial charge in [0.1, 0.15) is 17.1 Å². The Balaban J connectivity index is 2.36. The van der Waals surface area contributed by atoms with Crippen LogP contribution in [0.4, 0.5) is 0 Å². The molecule has 4 heteroatoms. The molecule has 0 spiro atoms. The molecule has 0 bridgehead atoms. The van der Waals surface area contributed by atoms with Crippen molar-refractivity contribution in [1.29, 1.82) is 0 Å². The first kappa shape index (κ1) is 16.2. The highest BCUT2D eigenvalue weighted by Crippen LogP contribution is 2.27. The number of para-hydroxylation sites is 1. The fraction of sp³-hybridized carbons (Fsp3) is 0.588. The molecular formula is C17H25ClN2O. The van der Waals surface area contributed by atoms with E-state index in [4.69, 9.17) is 21.3 Å². The van der Waals surface area contributed by atoms with Crippen LogP contribution in [0.15, 0.2) is 18.2 Å². The molecule has 0 fully saturated rings. The minimum Gasteiger partial charge on any atom is -0.491 e. The molecule has 1 aromatic heterocycles. The number of benzene rings is 1.